The standard InChI is InChI=1S/C13H18FN/c1-9(2)13(7-11(13)8-15)10-4-3-5-12(14)6-10/h3-6,9,11H,7-8,15H2,1-2H3/t11-,13?/m0/s1. The van der Waals surface area contributed by atoms with Crippen LogP contribution in [0.15, 0.2) is 24.3 Å². The maximum atomic E-state index is 13.2. The number of halogens is 1. The Kier molecular flexibility index (Phi) is 2.55. The fourth-order valence-corrected chi connectivity index (χ4v) is 2.81. The highest BCUT2D eigenvalue weighted by Crippen LogP contribution is 2.58. The Bertz CT molecular complexity index is 361. The molecule has 0 radical (unpaired) electrons. The van der Waals surface area contributed by atoms with Crippen molar-refractivity contribution in [1.29, 1.82) is 0 Å². The summed E-state index contributed by atoms with van der Waals surface area (Å²) in [6.07, 6.45) is 1.10. The summed E-state index contributed by atoms with van der Waals surface area (Å²) >= 11 is 0. The Morgan fingerprint density at radius 1 is 1.53 bits per heavy atom. The van der Waals surface area contributed by atoms with Crippen LogP contribution in [0.25, 0.3) is 0 Å². The predicted molar refractivity (Wildman–Crippen MR) is 60.1 cm³/mol. The van der Waals surface area contributed by atoms with Gasteiger partial charge in [0.15, 0.2) is 0 Å². The van der Waals surface area contributed by atoms with Gasteiger partial charge < -0.3 is 5.73 Å². The first kappa shape index (κ1) is 10.6. The molecule has 0 heterocycles. The van der Waals surface area contributed by atoms with Crippen LogP contribution in [0.5, 0.6) is 0 Å². The van der Waals surface area contributed by atoms with Gasteiger partial charge in [-0.05, 0) is 42.5 Å². The minimum Gasteiger partial charge on any atom is -0.330 e. The Morgan fingerprint density at radius 3 is 2.73 bits per heavy atom. The van der Waals surface area contributed by atoms with Gasteiger partial charge in [-0.25, -0.2) is 4.39 Å². The second-order valence-corrected chi connectivity index (χ2v) is 4.84. The molecule has 2 N–H and O–H groups in total. The van der Waals surface area contributed by atoms with Gasteiger partial charge in [-0.15, -0.1) is 0 Å². The Morgan fingerprint density at radius 2 is 2.27 bits per heavy atom. The summed E-state index contributed by atoms with van der Waals surface area (Å²) in [5.74, 6) is 0.905. The lowest BCUT2D eigenvalue weighted by molar-refractivity contribution is 0.439. The summed E-state index contributed by atoms with van der Waals surface area (Å²) in [7, 11) is 0. The number of benzene rings is 1. The quantitative estimate of drug-likeness (QED) is 0.810. The van der Waals surface area contributed by atoms with Crippen molar-refractivity contribution in [3.63, 3.8) is 0 Å². The van der Waals surface area contributed by atoms with Crippen molar-refractivity contribution in [3.8, 4) is 0 Å². The van der Waals surface area contributed by atoms with E-state index in [1.165, 1.54) is 6.07 Å². The highest BCUT2D eigenvalue weighted by Gasteiger charge is 2.56. The van der Waals surface area contributed by atoms with Gasteiger partial charge in [-0.3, -0.25) is 0 Å². The highest BCUT2D eigenvalue weighted by atomic mass is 19.1. The van der Waals surface area contributed by atoms with E-state index in [9.17, 15) is 4.39 Å². The average molecular weight is 207 g/mol. The number of nitrogens with two attached hydrogens (primary N) is 1. The summed E-state index contributed by atoms with van der Waals surface area (Å²) in [4.78, 5) is 0. The molecule has 0 aliphatic heterocycles. The van der Waals surface area contributed by atoms with E-state index in [4.69, 9.17) is 5.73 Å². The van der Waals surface area contributed by atoms with Crippen LogP contribution in [0.4, 0.5) is 4.39 Å². The molecule has 1 aromatic rings. The molecule has 0 spiro atoms. The maximum absolute atomic E-state index is 13.2. The van der Waals surface area contributed by atoms with Crippen LogP contribution in [0.2, 0.25) is 0 Å². The molecule has 0 aromatic heterocycles. The van der Waals surface area contributed by atoms with E-state index in [0.29, 0.717) is 18.4 Å². The average Bonchev–Trinajstić information content (AvgIpc) is 2.93. The van der Waals surface area contributed by atoms with Crippen molar-refractivity contribution in [2.24, 2.45) is 17.6 Å². The fourth-order valence-electron chi connectivity index (χ4n) is 2.81. The highest BCUT2D eigenvalue weighted by molar-refractivity contribution is 5.35. The zero-order valence-corrected chi connectivity index (χ0v) is 9.33. The molecule has 1 aliphatic carbocycles. The normalized spacial score (nSPS) is 29.5. The zero-order valence-electron chi connectivity index (χ0n) is 9.33. The van der Waals surface area contributed by atoms with Crippen LogP contribution in [-0.2, 0) is 5.41 Å². The van der Waals surface area contributed by atoms with E-state index in [-0.39, 0.29) is 11.2 Å². The third-order valence-electron chi connectivity index (χ3n) is 3.83. The first-order valence-corrected chi connectivity index (χ1v) is 5.57. The van der Waals surface area contributed by atoms with Crippen molar-refractivity contribution in [2.45, 2.75) is 25.7 Å². The molecule has 1 unspecified atom stereocenters. The molecule has 0 saturated heterocycles. The molecular formula is C13H18FN. The molecule has 2 rings (SSSR count). The van der Waals surface area contributed by atoms with Gasteiger partial charge in [0.2, 0.25) is 0 Å². The Labute approximate surface area is 90.5 Å². The van der Waals surface area contributed by atoms with Gasteiger partial charge in [0.05, 0.1) is 0 Å². The van der Waals surface area contributed by atoms with E-state index in [1.807, 2.05) is 6.07 Å². The molecule has 1 nitrogen and oxygen atoms in total. The fraction of sp³-hybridized carbons (Fsp3) is 0.538. The molecule has 1 aromatic carbocycles. The molecule has 1 aliphatic rings. The molecule has 15 heavy (non-hydrogen) atoms. The van der Waals surface area contributed by atoms with Crippen molar-refractivity contribution in [1.82, 2.24) is 0 Å². The Hall–Kier alpha value is -0.890. The SMILES string of the molecule is CC(C)C1(c2cccc(F)c2)C[C@H]1CN. The molecule has 0 amide bonds. The topological polar surface area (TPSA) is 26.0 Å². The van der Waals surface area contributed by atoms with E-state index < -0.39 is 0 Å². The van der Waals surface area contributed by atoms with Crippen molar-refractivity contribution in [3.05, 3.63) is 35.6 Å². The largest absolute Gasteiger partial charge is 0.330 e. The van der Waals surface area contributed by atoms with E-state index in [0.717, 1.165) is 12.0 Å². The van der Waals surface area contributed by atoms with Gasteiger partial charge in [-0.2, -0.15) is 0 Å². The smallest absolute Gasteiger partial charge is 0.123 e. The summed E-state index contributed by atoms with van der Waals surface area (Å²) in [6.45, 7) is 5.09. The second-order valence-electron chi connectivity index (χ2n) is 4.84. The van der Waals surface area contributed by atoms with Crippen LogP contribution in [-0.4, -0.2) is 6.54 Å². The van der Waals surface area contributed by atoms with Crippen molar-refractivity contribution in [2.75, 3.05) is 6.54 Å². The third kappa shape index (κ3) is 1.57. The second kappa shape index (κ2) is 3.60. The van der Waals surface area contributed by atoms with Crippen LogP contribution in [0, 0.1) is 17.7 Å². The van der Waals surface area contributed by atoms with E-state index in [2.05, 4.69) is 13.8 Å². The summed E-state index contributed by atoms with van der Waals surface area (Å²) in [5, 5.41) is 0. The first-order valence-electron chi connectivity index (χ1n) is 5.57. The zero-order chi connectivity index (χ0) is 11.1. The van der Waals surface area contributed by atoms with Crippen LogP contribution >= 0.6 is 0 Å². The van der Waals surface area contributed by atoms with Gasteiger partial charge in [-0.1, -0.05) is 26.0 Å². The molecule has 1 saturated carbocycles. The molecule has 0 bridgehead atoms. The lowest BCUT2D eigenvalue weighted by Gasteiger charge is -2.22. The molecule has 1 fully saturated rings. The van der Waals surface area contributed by atoms with Gasteiger partial charge >= 0.3 is 0 Å². The molecule has 82 valence electrons. The van der Waals surface area contributed by atoms with Gasteiger partial charge in [0.1, 0.15) is 5.82 Å². The molecule has 2 heteroatoms. The maximum Gasteiger partial charge on any atom is 0.123 e. The monoisotopic (exact) mass is 207 g/mol. The lowest BCUT2D eigenvalue weighted by atomic mass is 9.83. The molecular weight excluding hydrogens is 189 g/mol. The summed E-state index contributed by atoms with van der Waals surface area (Å²) in [6, 6.07) is 6.98. The van der Waals surface area contributed by atoms with E-state index in [1.54, 1.807) is 12.1 Å². The van der Waals surface area contributed by atoms with Gasteiger partial charge in [0.25, 0.3) is 0 Å². The first-order chi connectivity index (χ1) is 7.11. The number of rotatable bonds is 3. The van der Waals surface area contributed by atoms with Crippen molar-refractivity contribution >= 4 is 0 Å². The minimum absolute atomic E-state index is 0.136. The number of hydrogen-bond donors (Lipinski definition) is 1. The van der Waals surface area contributed by atoms with Gasteiger partial charge in [0, 0.05) is 5.41 Å². The van der Waals surface area contributed by atoms with Crippen LogP contribution in [0.1, 0.15) is 25.8 Å². The van der Waals surface area contributed by atoms with Crippen LogP contribution in [0.3, 0.4) is 0 Å². The van der Waals surface area contributed by atoms with Crippen molar-refractivity contribution < 1.29 is 4.39 Å². The lowest BCUT2D eigenvalue weighted by Crippen LogP contribution is -2.21. The predicted octanol–water partition coefficient (Wildman–Crippen LogP) is 2.70. The minimum atomic E-state index is -0.143. The summed E-state index contributed by atoms with van der Waals surface area (Å²) in [5.41, 5.74) is 6.98. The molecule has 2 atom stereocenters. The summed E-state index contributed by atoms with van der Waals surface area (Å²) < 4.78 is 13.2. The van der Waals surface area contributed by atoms with Crippen LogP contribution < -0.4 is 5.73 Å². The number of hydrogen-bond acceptors (Lipinski definition) is 1. The van der Waals surface area contributed by atoms with E-state index >= 15 is 0 Å². The third-order valence-corrected chi connectivity index (χ3v) is 3.83. The Balaban J connectivity index is 2.36.